The molecule has 0 saturated heterocycles. The van der Waals surface area contributed by atoms with Crippen molar-refractivity contribution >= 4 is 50.9 Å². The second-order valence-corrected chi connectivity index (χ2v) is 5.90. The van der Waals surface area contributed by atoms with E-state index in [1.807, 2.05) is 35.8 Å². The fourth-order valence-electron chi connectivity index (χ4n) is 1.93. The van der Waals surface area contributed by atoms with E-state index in [4.69, 9.17) is 23.8 Å². The van der Waals surface area contributed by atoms with Crippen LogP contribution in [0.4, 0.5) is 0 Å². The summed E-state index contributed by atoms with van der Waals surface area (Å²) in [5, 5.41) is 0.584. The molecule has 1 N–H and O–H groups in total. The van der Waals surface area contributed by atoms with Crippen LogP contribution >= 0.6 is 39.7 Å². The first kappa shape index (κ1) is 12.8. The highest BCUT2D eigenvalue weighted by molar-refractivity contribution is 9.10. The molecule has 3 aromatic rings. The third kappa shape index (κ3) is 2.22. The van der Waals surface area contributed by atoms with Crippen LogP contribution in [-0.4, -0.2) is 14.5 Å². The molecule has 0 aliphatic heterocycles. The second-order valence-electron chi connectivity index (χ2n) is 4.22. The molecular weight excluding hydrogens is 346 g/mol. The zero-order chi connectivity index (χ0) is 13.6. The molecule has 0 unspecified atom stereocenters. The van der Waals surface area contributed by atoms with Crippen LogP contribution in [0.1, 0.15) is 5.56 Å². The summed E-state index contributed by atoms with van der Waals surface area (Å²) in [7, 11) is 0. The third-order valence-electron chi connectivity index (χ3n) is 2.90. The van der Waals surface area contributed by atoms with Crippen LogP contribution in [0.5, 0.6) is 0 Å². The van der Waals surface area contributed by atoms with Gasteiger partial charge in [-0.25, -0.2) is 4.98 Å². The van der Waals surface area contributed by atoms with Crippen LogP contribution in [0.25, 0.3) is 16.9 Å². The Morgan fingerprint density at radius 1 is 1.37 bits per heavy atom. The fourth-order valence-corrected chi connectivity index (χ4v) is 2.76. The first-order valence-electron chi connectivity index (χ1n) is 5.59. The van der Waals surface area contributed by atoms with Crippen molar-refractivity contribution < 1.29 is 0 Å². The molecular formula is C13H9BrClN3S. The van der Waals surface area contributed by atoms with Gasteiger partial charge in [0.2, 0.25) is 0 Å². The molecule has 0 fully saturated rings. The maximum absolute atomic E-state index is 5.94. The van der Waals surface area contributed by atoms with Crippen LogP contribution in [0, 0.1) is 11.7 Å². The van der Waals surface area contributed by atoms with Gasteiger partial charge in [-0.2, -0.15) is 0 Å². The number of hydrogen-bond donors (Lipinski definition) is 1. The minimum atomic E-state index is 0.584. The van der Waals surface area contributed by atoms with Crippen molar-refractivity contribution in [1.29, 1.82) is 0 Å². The summed E-state index contributed by atoms with van der Waals surface area (Å²) >= 11 is 14.8. The Morgan fingerprint density at radius 3 is 2.89 bits per heavy atom. The second kappa shape index (κ2) is 4.74. The summed E-state index contributed by atoms with van der Waals surface area (Å²) in [5.74, 6) is 0. The van der Waals surface area contributed by atoms with Crippen LogP contribution in [-0.2, 0) is 0 Å². The lowest BCUT2D eigenvalue weighted by Crippen LogP contribution is -1.96. The van der Waals surface area contributed by atoms with E-state index in [1.54, 1.807) is 6.20 Å². The number of pyridine rings is 1. The number of hydrogen-bond acceptors (Lipinski definition) is 2. The smallest absolute Gasteiger partial charge is 0.183 e. The average molecular weight is 355 g/mol. The van der Waals surface area contributed by atoms with Crippen LogP contribution in [0.3, 0.4) is 0 Å². The molecule has 6 heteroatoms. The predicted molar refractivity (Wildman–Crippen MR) is 83.7 cm³/mol. The van der Waals surface area contributed by atoms with Crippen molar-refractivity contribution in [2.24, 2.45) is 0 Å². The van der Waals surface area contributed by atoms with E-state index in [-0.39, 0.29) is 0 Å². The number of H-pyrrole nitrogens is 1. The standard InChI is InChI=1S/C13H9BrClN3S/c1-7-2-3-9(5-10(7)14)18-12-11(17-13(18)19)4-8(15)6-16-12/h2-6H,1H3,(H,17,19). The lowest BCUT2D eigenvalue weighted by molar-refractivity contribution is 1.04. The number of nitrogens with zero attached hydrogens (tertiary/aromatic N) is 2. The molecule has 0 bridgehead atoms. The molecule has 0 atom stereocenters. The van der Waals surface area contributed by atoms with Gasteiger partial charge in [0.25, 0.3) is 0 Å². The van der Waals surface area contributed by atoms with Crippen LogP contribution in [0.15, 0.2) is 34.9 Å². The maximum atomic E-state index is 5.94. The van der Waals surface area contributed by atoms with E-state index in [0.717, 1.165) is 21.3 Å². The Balaban J connectivity index is 2.32. The van der Waals surface area contributed by atoms with Crippen molar-refractivity contribution in [3.05, 3.63) is 50.3 Å². The van der Waals surface area contributed by atoms with E-state index in [2.05, 4.69) is 25.9 Å². The third-order valence-corrected chi connectivity index (χ3v) is 4.25. The first-order chi connectivity index (χ1) is 9.06. The SMILES string of the molecule is Cc1ccc(-n2c(=S)[nH]c3cc(Cl)cnc32)cc1Br. The number of imidazole rings is 1. The summed E-state index contributed by atoms with van der Waals surface area (Å²) in [6.07, 6.45) is 1.62. The van der Waals surface area contributed by atoms with Gasteiger partial charge in [-0.1, -0.05) is 33.6 Å². The van der Waals surface area contributed by atoms with Crippen molar-refractivity contribution in [3.8, 4) is 5.69 Å². The van der Waals surface area contributed by atoms with Gasteiger partial charge in [0.1, 0.15) is 0 Å². The Morgan fingerprint density at radius 2 is 2.16 bits per heavy atom. The van der Waals surface area contributed by atoms with Gasteiger partial charge in [0.15, 0.2) is 10.4 Å². The van der Waals surface area contributed by atoms with E-state index in [0.29, 0.717) is 9.79 Å². The van der Waals surface area contributed by atoms with Crippen molar-refractivity contribution in [2.75, 3.05) is 0 Å². The molecule has 0 amide bonds. The minimum absolute atomic E-state index is 0.584. The van der Waals surface area contributed by atoms with E-state index in [9.17, 15) is 0 Å². The molecule has 2 heterocycles. The highest BCUT2D eigenvalue weighted by Crippen LogP contribution is 2.24. The van der Waals surface area contributed by atoms with Gasteiger partial charge in [-0.05, 0) is 42.9 Å². The monoisotopic (exact) mass is 353 g/mol. The quantitative estimate of drug-likeness (QED) is 0.636. The normalized spacial score (nSPS) is 11.1. The summed E-state index contributed by atoms with van der Waals surface area (Å²) < 4.78 is 3.53. The Bertz CT molecular complexity index is 838. The lowest BCUT2D eigenvalue weighted by atomic mass is 10.2. The van der Waals surface area contributed by atoms with Gasteiger partial charge in [-0.15, -0.1) is 0 Å². The average Bonchev–Trinajstić information content (AvgIpc) is 2.68. The van der Waals surface area contributed by atoms with Crippen molar-refractivity contribution in [3.63, 3.8) is 0 Å². The highest BCUT2D eigenvalue weighted by Gasteiger charge is 2.09. The van der Waals surface area contributed by atoms with Gasteiger partial charge >= 0.3 is 0 Å². The Hall–Kier alpha value is -1.17. The topological polar surface area (TPSA) is 33.6 Å². The summed E-state index contributed by atoms with van der Waals surface area (Å²) in [4.78, 5) is 7.46. The molecule has 0 aliphatic carbocycles. The first-order valence-corrected chi connectivity index (χ1v) is 7.17. The zero-order valence-electron chi connectivity index (χ0n) is 9.95. The number of aryl methyl sites for hydroxylation is 1. The van der Waals surface area contributed by atoms with Crippen molar-refractivity contribution in [2.45, 2.75) is 6.92 Å². The van der Waals surface area contributed by atoms with Crippen LogP contribution in [0.2, 0.25) is 5.02 Å². The molecule has 19 heavy (non-hydrogen) atoms. The summed E-state index contributed by atoms with van der Waals surface area (Å²) in [6, 6.07) is 7.89. The Labute approximate surface area is 128 Å². The van der Waals surface area contributed by atoms with Crippen molar-refractivity contribution in [1.82, 2.24) is 14.5 Å². The minimum Gasteiger partial charge on any atom is -0.329 e. The Kier molecular flexibility index (Phi) is 3.20. The maximum Gasteiger partial charge on any atom is 0.183 e. The molecule has 0 radical (unpaired) electrons. The molecule has 0 saturated carbocycles. The number of fused-ring (bicyclic) bond motifs is 1. The molecule has 0 spiro atoms. The number of rotatable bonds is 1. The van der Waals surface area contributed by atoms with Gasteiger partial charge < -0.3 is 4.98 Å². The molecule has 96 valence electrons. The number of benzene rings is 1. The van der Waals surface area contributed by atoms with Gasteiger partial charge in [-0.3, -0.25) is 4.57 Å². The molecule has 3 rings (SSSR count). The predicted octanol–water partition coefficient (Wildman–Crippen LogP) is 4.81. The molecule has 2 aromatic heterocycles. The number of aromatic amines is 1. The van der Waals surface area contributed by atoms with Gasteiger partial charge in [0, 0.05) is 10.7 Å². The van der Waals surface area contributed by atoms with Crippen LogP contribution < -0.4 is 0 Å². The largest absolute Gasteiger partial charge is 0.329 e. The number of halogens is 2. The number of aromatic nitrogens is 3. The lowest BCUT2D eigenvalue weighted by Gasteiger charge is -2.06. The number of nitrogens with one attached hydrogen (secondary N) is 1. The van der Waals surface area contributed by atoms with E-state index < -0.39 is 0 Å². The zero-order valence-corrected chi connectivity index (χ0v) is 13.1. The summed E-state index contributed by atoms with van der Waals surface area (Å²) in [5.41, 5.74) is 3.73. The van der Waals surface area contributed by atoms with Gasteiger partial charge in [0.05, 0.1) is 16.2 Å². The molecule has 1 aromatic carbocycles. The van der Waals surface area contributed by atoms with E-state index >= 15 is 0 Å². The fraction of sp³-hybridized carbons (Fsp3) is 0.0769. The molecule has 0 aliphatic rings. The van der Waals surface area contributed by atoms with E-state index in [1.165, 1.54) is 5.56 Å². The molecule has 3 nitrogen and oxygen atoms in total. The summed E-state index contributed by atoms with van der Waals surface area (Å²) in [6.45, 7) is 2.04. The highest BCUT2D eigenvalue weighted by atomic mass is 79.9.